The van der Waals surface area contributed by atoms with E-state index in [4.69, 9.17) is 0 Å². The van der Waals surface area contributed by atoms with E-state index in [1.54, 1.807) is 12.1 Å². The minimum absolute atomic E-state index is 0.137. The van der Waals surface area contributed by atoms with Crippen molar-refractivity contribution in [3.63, 3.8) is 0 Å². The second-order valence-electron chi connectivity index (χ2n) is 9.73. The van der Waals surface area contributed by atoms with Crippen molar-refractivity contribution in [2.75, 3.05) is 32.7 Å². The van der Waals surface area contributed by atoms with Crippen LogP contribution in [0.4, 0.5) is 4.39 Å². The Bertz CT molecular complexity index is 975. The molecule has 0 spiro atoms. The van der Waals surface area contributed by atoms with Crippen LogP contribution in [0.2, 0.25) is 0 Å². The van der Waals surface area contributed by atoms with Crippen LogP contribution in [0.3, 0.4) is 0 Å². The van der Waals surface area contributed by atoms with Gasteiger partial charge in [-0.3, -0.25) is 4.90 Å². The second-order valence-corrected chi connectivity index (χ2v) is 10.5. The van der Waals surface area contributed by atoms with Gasteiger partial charge >= 0.3 is 0 Å². The Kier molecular flexibility index (Phi) is 6.72. The fourth-order valence-corrected chi connectivity index (χ4v) is 6.33. The summed E-state index contributed by atoms with van der Waals surface area (Å²) >= 11 is 1.82. The second kappa shape index (κ2) is 9.86. The van der Waals surface area contributed by atoms with E-state index in [2.05, 4.69) is 57.8 Å². The molecular formula is C28H33FN2S. The number of nitrogens with zero attached hydrogens (tertiary/aromatic N) is 2. The van der Waals surface area contributed by atoms with Crippen molar-refractivity contribution in [3.05, 3.63) is 93.4 Å². The summed E-state index contributed by atoms with van der Waals surface area (Å²) in [5, 5.41) is 4.58. The Balaban J connectivity index is 1.21. The first kappa shape index (κ1) is 21.8. The highest BCUT2D eigenvalue weighted by Crippen LogP contribution is 2.36. The van der Waals surface area contributed by atoms with Gasteiger partial charge in [0.1, 0.15) is 5.82 Å². The number of halogens is 1. The molecule has 0 bridgehead atoms. The summed E-state index contributed by atoms with van der Waals surface area (Å²) in [6, 6.07) is 18.5. The first-order valence-electron chi connectivity index (χ1n) is 11.9. The molecule has 1 aromatic heterocycles. The molecule has 5 rings (SSSR count). The summed E-state index contributed by atoms with van der Waals surface area (Å²) in [6.07, 6.45) is 2.35. The van der Waals surface area contributed by atoms with E-state index < -0.39 is 0 Å². The van der Waals surface area contributed by atoms with Gasteiger partial charge in [-0.25, -0.2) is 4.39 Å². The van der Waals surface area contributed by atoms with Crippen molar-refractivity contribution in [2.45, 2.75) is 38.1 Å². The summed E-state index contributed by atoms with van der Waals surface area (Å²) < 4.78 is 13.3. The van der Waals surface area contributed by atoms with Gasteiger partial charge in [-0.05, 0) is 90.3 Å². The third kappa shape index (κ3) is 5.14. The molecule has 0 radical (unpaired) electrons. The first-order chi connectivity index (χ1) is 15.6. The SMILES string of the molecule is Cc1ccc(CN2CC(c3ccsc3)[C@H](CN3CCC(c4ccc(F)cc4)CC3)C2)cc1. The molecule has 2 aromatic carbocycles. The van der Waals surface area contributed by atoms with E-state index in [1.807, 2.05) is 23.5 Å². The highest BCUT2D eigenvalue weighted by atomic mass is 32.1. The number of benzene rings is 2. The maximum atomic E-state index is 13.3. The van der Waals surface area contributed by atoms with Crippen LogP contribution in [0.1, 0.15) is 46.9 Å². The molecule has 2 nitrogen and oxygen atoms in total. The van der Waals surface area contributed by atoms with Gasteiger partial charge in [0.25, 0.3) is 0 Å². The molecule has 4 heteroatoms. The zero-order chi connectivity index (χ0) is 21.9. The lowest BCUT2D eigenvalue weighted by molar-refractivity contribution is 0.177. The Morgan fingerprint density at radius 3 is 2.31 bits per heavy atom. The highest BCUT2D eigenvalue weighted by molar-refractivity contribution is 7.08. The lowest BCUT2D eigenvalue weighted by atomic mass is 9.87. The average molecular weight is 449 g/mol. The standard InChI is InChI=1S/C28H33FN2S/c1-21-2-4-22(5-3-21)16-31-18-26(28(19-31)25-12-15-32-20-25)17-30-13-10-24(11-14-30)23-6-8-27(29)9-7-23/h2-9,12,15,20,24,26,28H,10-11,13-14,16-19H2,1H3/t26-,28?/m1/s1. The van der Waals surface area contributed by atoms with Crippen LogP contribution in [-0.2, 0) is 6.54 Å². The summed E-state index contributed by atoms with van der Waals surface area (Å²) in [4.78, 5) is 5.34. The molecule has 2 fully saturated rings. The number of hydrogen-bond donors (Lipinski definition) is 0. The summed E-state index contributed by atoms with van der Waals surface area (Å²) in [6.45, 7) is 9.00. The lowest BCUT2D eigenvalue weighted by Gasteiger charge is -2.34. The van der Waals surface area contributed by atoms with Gasteiger partial charge in [0.05, 0.1) is 0 Å². The maximum Gasteiger partial charge on any atom is 0.123 e. The molecule has 2 atom stereocenters. The molecule has 0 N–H and O–H groups in total. The van der Waals surface area contributed by atoms with Crippen LogP contribution in [0.25, 0.3) is 0 Å². The molecule has 2 saturated heterocycles. The number of hydrogen-bond acceptors (Lipinski definition) is 3. The third-order valence-corrected chi connectivity index (χ3v) is 8.14. The molecule has 3 heterocycles. The number of likely N-dealkylation sites (tertiary alicyclic amines) is 2. The topological polar surface area (TPSA) is 6.48 Å². The summed E-state index contributed by atoms with van der Waals surface area (Å²) in [5.41, 5.74) is 5.56. The zero-order valence-electron chi connectivity index (χ0n) is 18.9. The monoisotopic (exact) mass is 448 g/mol. The van der Waals surface area contributed by atoms with Crippen molar-refractivity contribution < 1.29 is 4.39 Å². The van der Waals surface area contributed by atoms with E-state index in [0.29, 0.717) is 17.8 Å². The number of piperidine rings is 1. The predicted molar refractivity (Wildman–Crippen MR) is 132 cm³/mol. The molecular weight excluding hydrogens is 415 g/mol. The quantitative estimate of drug-likeness (QED) is 0.437. The fraction of sp³-hybridized carbons (Fsp3) is 0.429. The summed E-state index contributed by atoms with van der Waals surface area (Å²) in [7, 11) is 0. The largest absolute Gasteiger partial charge is 0.303 e. The molecule has 0 saturated carbocycles. The minimum atomic E-state index is -0.137. The molecule has 0 amide bonds. The van der Waals surface area contributed by atoms with Crippen molar-refractivity contribution in [2.24, 2.45) is 5.92 Å². The maximum absolute atomic E-state index is 13.3. The van der Waals surface area contributed by atoms with Gasteiger partial charge in [-0.2, -0.15) is 11.3 Å². The highest BCUT2D eigenvalue weighted by Gasteiger charge is 2.35. The molecule has 32 heavy (non-hydrogen) atoms. The van der Waals surface area contributed by atoms with Crippen LogP contribution in [-0.4, -0.2) is 42.5 Å². The van der Waals surface area contributed by atoms with Crippen molar-refractivity contribution in [1.29, 1.82) is 0 Å². The van der Waals surface area contributed by atoms with E-state index in [-0.39, 0.29) is 5.82 Å². The van der Waals surface area contributed by atoms with Crippen LogP contribution < -0.4 is 0 Å². The normalized spacial score (nSPS) is 23.1. The minimum Gasteiger partial charge on any atom is -0.303 e. The predicted octanol–water partition coefficient (Wildman–Crippen LogP) is 6.29. The van der Waals surface area contributed by atoms with Crippen molar-refractivity contribution in [3.8, 4) is 0 Å². The zero-order valence-corrected chi connectivity index (χ0v) is 19.7. The van der Waals surface area contributed by atoms with E-state index in [0.717, 1.165) is 26.2 Å². The Morgan fingerprint density at radius 2 is 1.62 bits per heavy atom. The van der Waals surface area contributed by atoms with Crippen LogP contribution in [0.15, 0.2) is 65.4 Å². The van der Waals surface area contributed by atoms with Gasteiger partial charge in [0.2, 0.25) is 0 Å². The first-order valence-corrected chi connectivity index (χ1v) is 12.9. The molecule has 168 valence electrons. The molecule has 2 aliphatic heterocycles. The fourth-order valence-electron chi connectivity index (χ4n) is 5.61. The Hall–Kier alpha value is -2.01. The third-order valence-electron chi connectivity index (χ3n) is 7.44. The van der Waals surface area contributed by atoms with Gasteiger partial charge < -0.3 is 4.90 Å². The molecule has 0 aliphatic carbocycles. The van der Waals surface area contributed by atoms with E-state index in [1.165, 1.54) is 48.2 Å². The van der Waals surface area contributed by atoms with Gasteiger partial charge in [-0.1, -0.05) is 42.0 Å². The van der Waals surface area contributed by atoms with Crippen molar-refractivity contribution in [1.82, 2.24) is 9.80 Å². The number of aryl methyl sites for hydroxylation is 1. The van der Waals surface area contributed by atoms with E-state index in [9.17, 15) is 4.39 Å². The molecule has 1 unspecified atom stereocenters. The number of thiophene rings is 1. The van der Waals surface area contributed by atoms with Gasteiger partial charge in [0.15, 0.2) is 0 Å². The molecule has 3 aromatic rings. The Morgan fingerprint density at radius 1 is 0.875 bits per heavy atom. The van der Waals surface area contributed by atoms with Crippen LogP contribution >= 0.6 is 11.3 Å². The summed E-state index contributed by atoms with van der Waals surface area (Å²) in [5.74, 6) is 1.74. The Labute approximate surface area is 195 Å². The smallest absolute Gasteiger partial charge is 0.123 e. The van der Waals surface area contributed by atoms with Crippen molar-refractivity contribution >= 4 is 11.3 Å². The molecule has 2 aliphatic rings. The lowest BCUT2D eigenvalue weighted by Crippen LogP contribution is -2.38. The average Bonchev–Trinajstić information content (AvgIpc) is 3.47. The number of rotatable bonds is 6. The van der Waals surface area contributed by atoms with Gasteiger partial charge in [-0.15, -0.1) is 0 Å². The van der Waals surface area contributed by atoms with Gasteiger partial charge in [0, 0.05) is 32.1 Å². The van der Waals surface area contributed by atoms with Crippen LogP contribution in [0, 0.1) is 18.7 Å². The van der Waals surface area contributed by atoms with E-state index >= 15 is 0 Å². The van der Waals surface area contributed by atoms with Crippen LogP contribution in [0.5, 0.6) is 0 Å².